The fourth-order valence-corrected chi connectivity index (χ4v) is 4.13. The van der Waals surface area contributed by atoms with Crippen LogP contribution in [0.4, 0.5) is 11.5 Å². The van der Waals surface area contributed by atoms with Gasteiger partial charge >= 0.3 is 29.6 Å². The predicted molar refractivity (Wildman–Crippen MR) is 105 cm³/mol. The first kappa shape index (κ1) is 21.9. The van der Waals surface area contributed by atoms with Crippen LogP contribution in [0, 0.1) is 0 Å². The van der Waals surface area contributed by atoms with Crippen LogP contribution in [0.25, 0.3) is 10.8 Å². The minimum Gasteiger partial charge on any atom is -0.478 e. The molecular weight excluding hydrogens is 443 g/mol. The maximum atomic E-state index is 13.0. The summed E-state index contributed by atoms with van der Waals surface area (Å²) < 4.78 is 34.0. The summed E-state index contributed by atoms with van der Waals surface area (Å²) in [5, 5.41) is 1.46. The molecule has 0 unspecified atom stereocenters. The molecule has 2 aromatic carbocycles. The van der Waals surface area contributed by atoms with E-state index in [-0.39, 0.29) is 46.2 Å². The molecule has 1 heterocycles. The summed E-state index contributed by atoms with van der Waals surface area (Å²) >= 11 is 3.18. The molecule has 1 N–H and O–H groups in total. The first-order chi connectivity index (χ1) is 12.3. The number of rotatable bonds is 5. The van der Waals surface area contributed by atoms with Gasteiger partial charge in [-0.15, -0.1) is 0 Å². The molecule has 0 saturated heterocycles. The van der Waals surface area contributed by atoms with Crippen LogP contribution in [0.2, 0.25) is 0 Å². The number of hydrogen-bond donors (Lipinski definition) is 1. The molecule has 1 aromatic heterocycles. The van der Waals surface area contributed by atoms with Crippen molar-refractivity contribution in [2.75, 3.05) is 30.8 Å². The van der Waals surface area contributed by atoms with Crippen molar-refractivity contribution >= 4 is 48.2 Å². The van der Waals surface area contributed by atoms with Crippen molar-refractivity contribution in [1.29, 1.82) is 0 Å². The number of hydrogen-bond acceptors (Lipinski definition) is 6. The van der Waals surface area contributed by atoms with E-state index in [1.807, 2.05) is 37.2 Å². The maximum Gasteiger partial charge on any atom is 1.00 e. The zero-order valence-electron chi connectivity index (χ0n) is 15.4. The van der Waals surface area contributed by atoms with Crippen LogP contribution in [0.15, 0.2) is 52.1 Å². The van der Waals surface area contributed by atoms with Gasteiger partial charge in [-0.25, -0.2) is 18.4 Å². The van der Waals surface area contributed by atoms with Gasteiger partial charge in [0.25, 0.3) is 15.9 Å². The molecule has 136 valence electrons. The first-order valence-electron chi connectivity index (χ1n) is 7.62. The Kier molecular flexibility index (Phi) is 7.09. The van der Waals surface area contributed by atoms with Gasteiger partial charge in [0.1, 0.15) is 4.60 Å². The number of anilines is 2. The molecule has 0 amide bonds. The van der Waals surface area contributed by atoms with Crippen LogP contribution in [0.1, 0.15) is 0 Å². The third-order valence-corrected chi connectivity index (χ3v) is 5.55. The summed E-state index contributed by atoms with van der Waals surface area (Å²) in [6, 6.07) is 10.7. The second kappa shape index (κ2) is 8.74. The van der Waals surface area contributed by atoms with Crippen LogP contribution in [0.3, 0.4) is 0 Å². The molecule has 27 heavy (non-hydrogen) atoms. The van der Waals surface area contributed by atoms with Gasteiger partial charge < -0.3 is 9.64 Å². The normalized spacial score (nSPS) is 11.0. The minimum absolute atomic E-state index is 0. The zero-order chi connectivity index (χ0) is 18.9. The minimum atomic E-state index is -3.89. The van der Waals surface area contributed by atoms with Crippen molar-refractivity contribution in [2.24, 2.45) is 0 Å². The van der Waals surface area contributed by atoms with Gasteiger partial charge in [0.05, 0.1) is 18.2 Å². The quantitative estimate of drug-likeness (QED) is 0.551. The van der Waals surface area contributed by atoms with E-state index in [1.165, 1.54) is 13.3 Å². The van der Waals surface area contributed by atoms with Crippen LogP contribution in [-0.4, -0.2) is 39.6 Å². The van der Waals surface area contributed by atoms with Crippen molar-refractivity contribution in [3.8, 4) is 5.88 Å². The average molecular weight is 460 g/mol. The Hall–Kier alpha value is -1.39. The van der Waals surface area contributed by atoms with Crippen LogP contribution in [-0.2, 0) is 10.0 Å². The number of methoxy groups -OCH3 is 1. The van der Waals surface area contributed by atoms with Gasteiger partial charge in [0.2, 0.25) is 5.82 Å². The van der Waals surface area contributed by atoms with Gasteiger partial charge in [-0.05, 0) is 28.1 Å². The number of sulfonamides is 1. The van der Waals surface area contributed by atoms with E-state index in [1.54, 1.807) is 18.2 Å². The number of halogens is 1. The molecule has 0 atom stereocenters. The third kappa shape index (κ3) is 4.55. The molecule has 10 heteroatoms. The molecule has 0 bridgehead atoms. The van der Waals surface area contributed by atoms with Crippen molar-refractivity contribution < 1.29 is 42.7 Å². The third-order valence-electron chi connectivity index (χ3n) is 3.77. The van der Waals surface area contributed by atoms with Gasteiger partial charge in [-0.2, -0.15) is 0 Å². The summed E-state index contributed by atoms with van der Waals surface area (Å²) in [6.07, 6.45) is 1.40. The van der Waals surface area contributed by atoms with E-state index in [0.29, 0.717) is 9.99 Å². The van der Waals surface area contributed by atoms with Gasteiger partial charge in [0.15, 0.2) is 0 Å². The topological polar surface area (TPSA) is 84.4 Å². The van der Waals surface area contributed by atoms with Crippen LogP contribution < -0.4 is 43.9 Å². The van der Waals surface area contributed by atoms with Gasteiger partial charge in [0, 0.05) is 30.6 Å². The molecule has 0 aliphatic heterocycles. The number of nitrogens with one attached hydrogen (secondary N) is 1. The summed E-state index contributed by atoms with van der Waals surface area (Å²) in [5.74, 6) is 0.105. The number of nitrogens with zero attached hydrogens (tertiary/aromatic N) is 3. The van der Waals surface area contributed by atoms with E-state index in [9.17, 15) is 8.42 Å². The Morgan fingerprint density at radius 3 is 2.44 bits per heavy atom. The summed E-state index contributed by atoms with van der Waals surface area (Å²) in [5.41, 5.74) is 0.931. The molecule has 0 spiro atoms. The molecular formula is C17H17BrN4NaO3S+. The van der Waals surface area contributed by atoms with Crippen LogP contribution >= 0.6 is 15.9 Å². The Morgan fingerprint density at radius 1 is 1.11 bits per heavy atom. The molecule has 3 aromatic rings. The smallest absolute Gasteiger partial charge is 0.478 e. The molecule has 0 aliphatic rings. The second-order valence-corrected chi connectivity index (χ2v) is 8.14. The Bertz CT molecular complexity index is 1080. The molecule has 3 rings (SSSR count). The number of ether oxygens (including phenoxy) is 1. The largest absolute Gasteiger partial charge is 1.00 e. The van der Waals surface area contributed by atoms with E-state index in [2.05, 4.69) is 30.6 Å². The summed E-state index contributed by atoms with van der Waals surface area (Å²) in [4.78, 5) is 10.2. The van der Waals surface area contributed by atoms with E-state index >= 15 is 0 Å². The van der Waals surface area contributed by atoms with Crippen molar-refractivity contribution in [2.45, 2.75) is 4.90 Å². The van der Waals surface area contributed by atoms with Gasteiger partial charge in [-0.1, -0.05) is 24.3 Å². The van der Waals surface area contributed by atoms with Crippen molar-refractivity contribution in [3.63, 3.8) is 0 Å². The fraction of sp³-hybridized carbons (Fsp3) is 0.176. The SMILES string of the molecule is COc1nc(Br)cnc1NS(=O)(=O)c1cccc2c(N(C)C)cccc12.[Na+]. The van der Waals surface area contributed by atoms with Gasteiger partial charge in [-0.3, -0.25) is 4.72 Å². The molecule has 0 fully saturated rings. The first-order valence-corrected chi connectivity index (χ1v) is 9.89. The zero-order valence-corrected chi connectivity index (χ0v) is 19.8. The number of fused-ring (bicyclic) bond motifs is 1. The van der Waals surface area contributed by atoms with Crippen LogP contribution in [0.5, 0.6) is 5.88 Å². The van der Waals surface area contributed by atoms with E-state index in [4.69, 9.17) is 4.74 Å². The fourth-order valence-electron chi connectivity index (χ4n) is 2.64. The standard InChI is InChI=1S/C17H17BrN4O3S.Na/c1-22(2)13-8-4-7-12-11(13)6-5-9-14(12)26(23,24)21-16-17(25-3)20-15(18)10-19-16;/h4-10H,1-3H3,(H,19,21);/q;+1. The van der Waals surface area contributed by atoms with E-state index in [0.717, 1.165) is 11.1 Å². The second-order valence-electron chi connectivity index (χ2n) is 5.68. The molecule has 0 radical (unpaired) electrons. The van der Waals surface area contributed by atoms with Crippen molar-refractivity contribution in [3.05, 3.63) is 47.2 Å². The monoisotopic (exact) mass is 459 g/mol. The summed E-state index contributed by atoms with van der Waals surface area (Å²) in [6.45, 7) is 0. The Morgan fingerprint density at radius 2 is 1.78 bits per heavy atom. The summed E-state index contributed by atoms with van der Waals surface area (Å²) in [7, 11) is 1.33. The number of benzene rings is 2. The maximum absolute atomic E-state index is 13.0. The number of aromatic nitrogens is 2. The Labute approximate surface area is 188 Å². The molecule has 7 nitrogen and oxygen atoms in total. The Balaban J connectivity index is 0.00000261. The molecule has 0 saturated carbocycles. The molecule has 0 aliphatic carbocycles. The van der Waals surface area contributed by atoms with Crippen molar-refractivity contribution in [1.82, 2.24) is 9.97 Å². The van der Waals surface area contributed by atoms with E-state index < -0.39 is 10.0 Å². The predicted octanol–water partition coefficient (Wildman–Crippen LogP) is 0.272. The average Bonchev–Trinajstić information content (AvgIpc) is 2.61.